The molecule has 2 aromatic heterocycles. The van der Waals surface area contributed by atoms with Crippen LogP contribution in [0, 0.1) is 0 Å². The molecular formula is C24H16N2O. The first-order chi connectivity index (χ1) is 13.4. The third-order valence-corrected chi connectivity index (χ3v) is 4.73. The van der Waals surface area contributed by atoms with Crippen LogP contribution in [-0.4, -0.2) is 9.97 Å². The highest BCUT2D eigenvalue weighted by Crippen LogP contribution is 2.34. The molecule has 0 bridgehead atoms. The van der Waals surface area contributed by atoms with Gasteiger partial charge in [0, 0.05) is 18.0 Å². The first kappa shape index (κ1) is 15.5. The molecule has 0 N–H and O–H groups in total. The Morgan fingerprint density at radius 3 is 2.11 bits per heavy atom. The Morgan fingerprint density at radius 2 is 1.37 bits per heavy atom. The molecule has 0 aliphatic rings. The number of rotatable bonds is 3. The number of hydrogen-bond donors (Lipinski definition) is 0. The summed E-state index contributed by atoms with van der Waals surface area (Å²) in [7, 11) is 0. The van der Waals surface area contributed by atoms with Crippen molar-refractivity contribution in [1.29, 1.82) is 0 Å². The van der Waals surface area contributed by atoms with Gasteiger partial charge in [0.15, 0.2) is 12.0 Å². The molecule has 0 saturated heterocycles. The average molecular weight is 348 g/mol. The lowest BCUT2D eigenvalue weighted by Gasteiger charge is -2.08. The fourth-order valence-electron chi connectivity index (χ4n) is 3.36. The van der Waals surface area contributed by atoms with Crippen LogP contribution in [0.3, 0.4) is 0 Å². The smallest absolute Gasteiger partial charge is 0.182 e. The number of hydrogen-bond acceptors (Lipinski definition) is 3. The summed E-state index contributed by atoms with van der Waals surface area (Å²) in [5.41, 5.74) is 8.39. The summed E-state index contributed by atoms with van der Waals surface area (Å²) in [5, 5.41) is 0. The van der Waals surface area contributed by atoms with Crippen molar-refractivity contribution >= 4 is 11.1 Å². The average Bonchev–Trinajstić information content (AvgIpc) is 3.23. The summed E-state index contributed by atoms with van der Waals surface area (Å²) in [6.07, 6.45) is 5.17. The lowest BCUT2D eigenvalue weighted by atomic mass is 9.96. The zero-order valence-electron chi connectivity index (χ0n) is 14.5. The van der Waals surface area contributed by atoms with Gasteiger partial charge in [0.05, 0.1) is 0 Å². The largest absolute Gasteiger partial charge is 0.443 e. The van der Waals surface area contributed by atoms with Gasteiger partial charge in [0.25, 0.3) is 0 Å². The second kappa shape index (κ2) is 6.54. The predicted molar refractivity (Wildman–Crippen MR) is 108 cm³/mol. The van der Waals surface area contributed by atoms with Crippen LogP contribution in [0.15, 0.2) is 102 Å². The van der Waals surface area contributed by atoms with E-state index in [4.69, 9.17) is 4.42 Å². The summed E-state index contributed by atoms with van der Waals surface area (Å²) < 4.78 is 5.62. The second-order valence-corrected chi connectivity index (χ2v) is 6.41. The minimum absolute atomic E-state index is 0.794. The van der Waals surface area contributed by atoms with Crippen LogP contribution in [-0.2, 0) is 0 Å². The highest BCUT2D eigenvalue weighted by Gasteiger charge is 2.11. The molecular weight excluding hydrogens is 332 g/mol. The van der Waals surface area contributed by atoms with E-state index in [0.717, 1.165) is 44.5 Å². The molecule has 0 aliphatic heterocycles. The molecule has 0 aliphatic carbocycles. The van der Waals surface area contributed by atoms with Crippen molar-refractivity contribution in [3.05, 3.63) is 97.7 Å². The topological polar surface area (TPSA) is 38.9 Å². The Morgan fingerprint density at radius 1 is 0.630 bits per heavy atom. The van der Waals surface area contributed by atoms with Gasteiger partial charge in [-0.15, -0.1) is 0 Å². The molecule has 0 spiro atoms. The lowest BCUT2D eigenvalue weighted by molar-refractivity contribution is 0.602. The molecule has 0 fully saturated rings. The van der Waals surface area contributed by atoms with Gasteiger partial charge in [-0.3, -0.25) is 4.98 Å². The SMILES string of the molecule is c1ccc(-c2cc(-c3ccc(-c4cccnc4)cc3)cc3ocnc23)cc1. The Labute approximate surface area is 157 Å². The first-order valence-electron chi connectivity index (χ1n) is 8.82. The molecule has 128 valence electrons. The monoisotopic (exact) mass is 348 g/mol. The Balaban J connectivity index is 1.61. The molecule has 2 heterocycles. The molecule has 27 heavy (non-hydrogen) atoms. The zero-order chi connectivity index (χ0) is 18.1. The van der Waals surface area contributed by atoms with Crippen LogP contribution in [0.4, 0.5) is 0 Å². The molecule has 5 rings (SSSR count). The zero-order valence-corrected chi connectivity index (χ0v) is 14.5. The summed E-state index contributed by atoms with van der Waals surface area (Å²) in [6.45, 7) is 0. The molecule has 3 heteroatoms. The maximum Gasteiger partial charge on any atom is 0.182 e. The lowest BCUT2D eigenvalue weighted by Crippen LogP contribution is -1.85. The minimum atomic E-state index is 0.794. The van der Waals surface area contributed by atoms with Gasteiger partial charge in [-0.1, -0.05) is 60.7 Å². The number of fused-ring (bicyclic) bond motifs is 1. The van der Waals surface area contributed by atoms with Crippen molar-refractivity contribution in [1.82, 2.24) is 9.97 Å². The van der Waals surface area contributed by atoms with Gasteiger partial charge in [0.1, 0.15) is 5.52 Å². The molecule has 0 saturated carbocycles. The van der Waals surface area contributed by atoms with Gasteiger partial charge in [0.2, 0.25) is 0 Å². The number of benzene rings is 3. The van der Waals surface area contributed by atoms with E-state index in [0.29, 0.717) is 0 Å². The number of aromatic nitrogens is 2. The van der Waals surface area contributed by atoms with E-state index >= 15 is 0 Å². The van der Waals surface area contributed by atoms with Gasteiger partial charge >= 0.3 is 0 Å². The molecule has 0 radical (unpaired) electrons. The third-order valence-electron chi connectivity index (χ3n) is 4.73. The van der Waals surface area contributed by atoms with E-state index < -0.39 is 0 Å². The van der Waals surface area contributed by atoms with Crippen molar-refractivity contribution in [2.24, 2.45) is 0 Å². The third kappa shape index (κ3) is 2.89. The van der Waals surface area contributed by atoms with Crippen molar-refractivity contribution < 1.29 is 4.42 Å². The van der Waals surface area contributed by atoms with Gasteiger partial charge in [-0.05, 0) is 46.0 Å². The standard InChI is InChI=1S/C24H16N2O/c1-2-5-19(6-3-1)22-13-21(14-23-24(22)26-16-27-23)18-10-8-17(9-11-18)20-7-4-12-25-15-20/h1-16H. The minimum Gasteiger partial charge on any atom is -0.443 e. The maximum absolute atomic E-state index is 5.62. The van der Waals surface area contributed by atoms with E-state index in [2.05, 4.69) is 58.5 Å². The quantitative estimate of drug-likeness (QED) is 0.388. The first-order valence-corrected chi connectivity index (χ1v) is 8.82. The molecule has 3 aromatic carbocycles. The highest BCUT2D eigenvalue weighted by atomic mass is 16.3. The van der Waals surface area contributed by atoms with Crippen LogP contribution in [0.2, 0.25) is 0 Å². The van der Waals surface area contributed by atoms with Crippen LogP contribution >= 0.6 is 0 Å². The molecule has 5 aromatic rings. The summed E-state index contributed by atoms with van der Waals surface area (Å²) in [5.74, 6) is 0. The molecule has 0 amide bonds. The molecule has 0 unspecified atom stereocenters. The fourth-order valence-corrected chi connectivity index (χ4v) is 3.36. The van der Waals surface area contributed by atoms with E-state index in [-0.39, 0.29) is 0 Å². The van der Waals surface area contributed by atoms with Crippen LogP contribution < -0.4 is 0 Å². The van der Waals surface area contributed by atoms with E-state index in [1.54, 1.807) is 6.20 Å². The van der Waals surface area contributed by atoms with Gasteiger partial charge in [-0.25, -0.2) is 4.98 Å². The predicted octanol–water partition coefficient (Wildman–Crippen LogP) is 6.22. The summed E-state index contributed by atoms with van der Waals surface area (Å²) >= 11 is 0. The Hall–Kier alpha value is -3.72. The number of oxazole rings is 1. The van der Waals surface area contributed by atoms with E-state index in [9.17, 15) is 0 Å². The Kier molecular flexibility index (Phi) is 3.76. The van der Waals surface area contributed by atoms with Crippen molar-refractivity contribution in [3.63, 3.8) is 0 Å². The normalized spacial score (nSPS) is 11.0. The molecule has 3 nitrogen and oxygen atoms in total. The number of nitrogens with zero attached hydrogens (tertiary/aromatic N) is 2. The highest BCUT2D eigenvalue weighted by molar-refractivity contribution is 5.94. The van der Waals surface area contributed by atoms with Gasteiger partial charge in [-0.2, -0.15) is 0 Å². The van der Waals surface area contributed by atoms with E-state index in [1.165, 1.54) is 6.39 Å². The second-order valence-electron chi connectivity index (χ2n) is 6.41. The fraction of sp³-hybridized carbons (Fsp3) is 0. The molecule has 0 atom stereocenters. The summed E-state index contributed by atoms with van der Waals surface area (Å²) in [4.78, 5) is 8.61. The van der Waals surface area contributed by atoms with Gasteiger partial charge < -0.3 is 4.42 Å². The van der Waals surface area contributed by atoms with Crippen LogP contribution in [0.1, 0.15) is 0 Å². The van der Waals surface area contributed by atoms with Crippen molar-refractivity contribution in [2.45, 2.75) is 0 Å². The summed E-state index contributed by atoms with van der Waals surface area (Å²) in [6, 6.07) is 27.0. The van der Waals surface area contributed by atoms with Crippen LogP contribution in [0.5, 0.6) is 0 Å². The Bertz CT molecular complexity index is 1190. The number of pyridine rings is 1. The maximum atomic E-state index is 5.62. The van der Waals surface area contributed by atoms with E-state index in [1.807, 2.05) is 36.5 Å². The van der Waals surface area contributed by atoms with Crippen LogP contribution in [0.25, 0.3) is 44.5 Å². The van der Waals surface area contributed by atoms with Crippen molar-refractivity contribution in [3.8, 4) is 33.4 Å². The van der Waals surface area contributed by atoms with Crippen molar-refractivity contribution in [2.75, 3.05) is 0 Å².